The number of nitro benzene ring substituents is 1. The van der Waals surface area contributed by atoms with Gasteiger partial charge in [-0.15, -0.1) is 0 Å². The molecule has 0 saturated heterocycles. The van der Waals surface area contributed by atoms with Gasteiger partial charge in [0.2, 0.25) is 0 Å². The van der Waals surface area contributed by atoms with Gasteiger partial charge in [-0.2, -0.15) is 0 Å². The van der Waals surface area contributed by atoms with Crippen LogP contribution in [0.15, 0.2) is 18.2 Å². The summed E-state index contributed by atoms with van der Waals surface area (Å²) in [4.78, 5) is 9.89. The normalized spacial score (nSPS) is 10.1. The lowest BCUT2D eigenvalue weighted by Crippen LogP contribution is -2.10. The Balaban J connectivity index is 2.89. The van der Waals surface area contributed by atoms with Crippen LogP contribution in [0.5, 0.6) is 5.75 Å². The van der Waals surface area contributed by atoms with Gasteiger partial charge in [-0.1, -0.05) is 6.07 Å². The first-order valence-electron chi connectivity index (χ1n) is 4.26. The van der Waals surface area contributed by atoms with Gasteiger partial charge >= 0.3 is 5.69 Å². The van der Waals surface area contributed by atoms with Crippen LogP contribution in [0.3, 0.4) is 0 Å². The fraction of sp³-hybridized carbons (Fsp3) is 0.333. The summed E-state index contributed by atoms with van der Waals surface area (Å²) >= 11 is 0. The Hall–Kier alpha value is -1.62. The number of hydrogen-bond donors (Lipinski definition) is 2. The fourth-order valence-electron chi connectivity index (χ4n) is 1.14. The van der Waals surface area contributed by atoms with Gasteiger partial charge in [-0.25, -0.2) is 0 Å². The zero-order valence-electron chi connectivity index (χ0n) is 7.86. The van der Waals surface area contributed by atoms with E-state index in [9.17, 15) is 15.2 Å². The highest BCUT2D eigenvalue weighted by molar-refractivity contribution is 5.47. The molecule has 1 aromatic rings. The SMILES string of the molecule is CNCCc1ccc(O)c([N+](=O)[O-])c1. The predicted molar refractivity (Wildman–Crippen MR) is 52.4 cm³/mol. The second-order valence-corrected chi connectivity index (χ2v) is 2.93. The summed E-state index contributed by atoms with van der Waals surface area (Å²) in [7, 11) is 1.81. The van der Waals surface area contributed by atoms with Crippen molar-refractivity contribution in [2.75, 3.05) is 13.6 Å². The van der Waals surface area contributed by atoms with Gasteiger partial charge < -0.3 is 10.4 Å². The number of hydrogen-bond acceptors (Lipinski definition) is 4. The van der Waals surface area contributed by atoms with Crippen LogP contribution in [0.2, 0.25) is 0 Å². The third-order valence-electron chi connectivity index (χ3n) is 1.90. The van der Waals surface area contributed by atoms with Gasteiger partial charge in [0.05, 0.1) is 4.92 Å². The molecule has 0 bridgehead atoms. The molecular weight excluding hydrogens is 184 g/mol. The average molecular weight is 196 g/mol. The summed E-state index contributed by atoms with van der Waals surface area (Å²) in [5.41, 5.74) is 0.599. The highest BCUT2D eigenvalue weighted by Gasteiger charge is 2.12. The first-order chi connectivity index (χ1) is 6.65. The van der Waals surface area contributed by atoms with Crippen LogP contribution < -0.4 is 5.32 Å². The van der Waals surface area contributed by atoms with E-state index >= 15 is 0 Å². The molecule has 0 aliphatic heterocycles. The minimum atomic E-state index is -0.585. The van der Waals surface area contributed by atoms with Crippen LogP contribution in [0, 0.1) is 10.1 Å². The molecule has 0 heterocycles. The van der Waals surface area contributed by atoms with Crippen molar-refractivity contribution < 1.29 is 10.0 Å². The lowest BCUT2D eigenvalue weighted by Gasteiger charge is -2.01. The predicted octanol–water partition coefficient (Wildman–Crippen LogP) is 1.06. The van der Waals surface area contributed by atoms with Crippen LogP contribution in [0.4, 0.5) is 5.69 Å². The first-order valence-corrected chi connectivity index (χ1v) is 4.26. The Labute approximate surface area is 81.5 Å². The maximum absolute atomic E-state index is 10.5. The summed E-state index contributed by atoms with van der Waals surface area (Å²) < 4.78 is 0. The lowest BCUT2D eigenvalue weighted by molar-refractivity contribution is -0.385. The number of nitrogens with zero attached hydrogens (tertiary/aromatic N) is 1. The molecule has 76 valence electrons. The standard InChI is InChI=1S/C9H12N2O3/c1-10-5-4-7-2-3-9(12)8(6-7)11(13)14/h2-3,6,10,12H,4-5H2,1H3. The minimum absolute atomic E-state index is 0.237. The second-order valence-electron chi connectivity index (χ2n) is 2.93. The van der Waals surface area contributed by atoms with Crippen LogP contribution in [-0.2, 0) is 6.42 Å². The molecule has 0 radical (unpaired) electrons. The number of nitro groups is 1. The Morgan fingerprint density at radius 2 is 2.29 bits per heavy atom. The molecule has 5 nitrogen and oxygen atoms in total. The number of likely N-dealkylation sites (N-methyl/N-ethyl adjacent to an activating group) is 1. The Morgan fingerprint density at radius 3 is 2.86 bits per heavy atom. The van der Waals surface area contributed by atoms with E-state index in [0.717, 1.165) is 12.1 Å². The number of nitrogens with one attached hydrogen (secondary N) is 1. The van der Waals surface area contributed by atoms with Crippen molar-refractivity contribution in [1.29, 1.82) is 0 Å². The summed E-state index contributed by atoms with van der Waals surface area (Å²) in [5, 5.41) is 22.6. The smallest absolute Gasteiger partial charge is 0.310 e. The monoisotopic (exact) mass is 196 g/mol. The molecule has 0 aliphatic carbocycles. The fourth-order valence-corrected chi connectivity index (χ4v) is 1.14. The van der Waals surface area contributed by atoms with Gasteiger partial charge in [0.1, 0.15) is 0 Å². The quantitative estimate of drug-likeness (QED) is 0.557. The zero-order valence-corrected chi connectivity index (χ0v) is 7.86. The molecule has 0 fully saturated rings. The van der Waals surface area contributed by atoms with Crippen LogP contribution in [-0.4, -0.2) is 23.6 Å². The molecule has 0 atom stereocenters. The first kappa shape index (κ1) is 10.5. The Kier molecular flexibility index (Phi) is 3.41. The summed E-state index contributed by atoms with van der Waals surface area (Å²) in [5.74, 6) is -0.289. The molecule has 0 spiro atoms. The van der Waals surface area contributed by atoms with Crippen molar-refractivity contribution in [1.82, 2.24) is 5.32 Å². The van der Waals surface area contributed by atoms with Gasteiger partial charge in [0.25, 0.3) is 0 Å². The van der Waals surface area contributed by atoms with Crippen molar-refractivity contribution in [2.45, 2.75) is 6.42 Å². The molecule has 0 saturated carbocycles. The molecule has 0 aliphatic rings. The molecule has 0 aromatic heterocycles. The molecule has 5 heteroatoms. The van der Waals surface area contributed by atoms with E-state index in [-0.39, 0.29) is 11.4 Å². The summed E-state index contributed by atoms with van der Waals surface area (Å²) in [6.07, 6.45) is 0.706. The Bertz CT molecular complexity index is 339. The molecule has 0 amide bonds. The van der Waals surface area contributed by atoms with E-state index in [1.807, 2.05) is 7.05 Å². The van der Waals surface area contributed by atoms with E-state index in [2.05, 4.69) is 5.32 Å². The molecule has 0 unspecified atom stereocenters. The van der Waals surface area contributed by atoms with Crippen LogP contribution in [0.25, 0.3) is 0 Å². The van der Waals surface area contributed by atoms with E-state index < -0.39 is 4.92 Å². The van der Waals surface area contributed by atoms with Crippen molar-refractivity contribution in [3.63, 3.8) is 0 Å². The van der Waals surface area contributed by atoms with Gasteiger partial charge in [0.15, 0.2) is 5.75 Å². The minimum Gasteiger partial charge on any atom is -0.502 e. The molecule has 14 heavy (non-hydrogen) atoms. The third kappa shape index (κ3) is 2.43. The van der Waals surface area contributed by atoms with E-state index in [1.54, 1.807) is 6.07 Å². The highest BCUT2D eigenvalue weighted by atomic mass is 16.6. The second kappa shape index (κ2) is 4.57. The number of rotatable bonds is 4. The molecule has 1 rings (SSSR count). The molecular formula is C9H12N2O3. The maximum Gasteiger partial charge on any atom is 0.310 e. The van der Waals surface area contributed by atoms with E-state index in [1.165, 1.54) is 12.1 Å². The lowest BCUT2D eigenvalue weighted by atomic mass is 10.1. The van der Waals surface area contributed by atoms with Crippen molar-refractivity contribution in [2.24, 2.45) is 0 Å². The Morgan fingerprint density at radius 1 is 1.57 bits per heavy atom. The van der Waals surface area contributed by atoms with Crippen LogP contribution >= 0.6 is 0 Å². The largest absolute Gasteiger partial charge is 0.502 e. The van der Waals surface area contributed by atoms with Crippen molar-refractivity contribution in [3.8, 4) is 5.75 Å². The van der Waals surface area contributed by atoms with Crippen LogP contribution in [0.1, 0.15) is 5.56 Å². The number of phenols is 1. The highest BCUT2D eigenvalue weighted by Crippen LogP contribution is 2.26. The van der Waals surface area contributed by atoms with Crippen molar-refractivity contribution >= 4 is 5.69 Å². The average Bonchev–Trinajstić information content (AvgIpc) is 2.16. The summed E-state index contributed by atoms with van der Waals surface area (Å²) in [6, 6.07) is 4.43. The zero-order chi connectivity index (χ0) is 10.6. The van der Waals surface area contributed by atoms with Gasteiger partial charge in [0, 0.05) is 6.07 Å². The topological polar surface area (TPSA) is 75.4 Å². The third-order valence-corrected chi connectivity index (χ3v) is 1.90. The van der Waals surface area contributed by atoms with Gasteiger partial charge in [-0.3, -0.25) is 10.1 Å². The van der Waals surface area contributed by atoms with E-state index in [4.69, 9.17) is 0 Å². The number of aromatic hydroxyl groups is 1. The molecule has 2 N–H and O–H groups in total. The van der Waals surface area contributed by atoms with Gasteiger partial charge in [-0.05, 0) is 31.6 Å². The molecule has 1 aromatic carbocycles. The van der Waals surface area contributed by atoms with E-state index in [0.29, 0.717) is 6.42 Å². The number of benzene rings is 1. The summed E-state index contributed by atoms with van der Waals surface area (Å²) in [6.45, 7) is 0.752. The van der Waals surface area contributed by atoms with Crippen molar-refractivity contribution in [3.05, 3.63) is 33.9 Å². The maximum atomic E-state index is 10.5. The number of phenolic OH excluding ortho intramolecular Hbond substituents is 1.